The summed E-state index contributed by atoms with van der Waals surface area (Å²) in [5, 5.41) is 6.38. The van der Waals surface area contributed by atoms with Gasteiger partial charge >= 0.3 is 6.18 Å². The number of ether oxygens (including phenoxy) is 2. The number of nitrogens with zero attached hydrogens (tertiary/aromatic N) is 5. The summed E-state index contributed by atoms with van der Waals surface area (Å²) in [6.45, 7) is 7.53. The Bertz CT molecular complexity index is 1570. The molecule has 1 amide bonds. The first-order chi connectivity index (χ1) is 21.5. The molecule has 2 unspecified atom stereocenters. The molecule has 0 radical (unpaired) electrons. The number of pyridine rings is 2. The van der Waals surface area contributed by atoms with Crippen molar-refractivity contribution in [3.8, 4) is 17.6 Å². The molecule has 6 heterocycles. The molecule has 7 rings (SSSR count). The van der Waals surface area contributed by atoms with Gasteiger partial charge in [-0.3, -0.25) is 9.52 Å². The summed E-state index contributed by atoms with van der Waals surface area (Å²) in [7, 11) is -0.706. The Morgan fingerprint density at radius 3 is 2.71 bits per heavy atom. The summed E-state index contributed by atoms with van der Waals surface area (Å²) in [6, 6.07) is 8.86. The molecule has 9 nitrogen and oxygen atoms in total. The first-order valence-electron chi connectivity index (χ1n) is 15.4. The molecule has 1 N–H and O–H groups in total. The monoisotopic (exact) mass is 644 g/mol. The molecule has 1 saturated carbocycles. The Kier molecular flexibility index (Phi) is 8.57. The molecule has 4 aliphatic rings. The molecule has 4 bridgehead atoms. The van der Waals surface area contributed by atoms with Crippen LogP contribution in [0.2, 0.25) is 0 Å². The van der Waals surface area contributed by atoms with Crippen molar-refractivity contribution in [2.45, 2.75) is 82.3 Å². The third kappa shape index (κ3) is 6.68. The molecule has 2 atom stereocenters. The van der Waals surface area contributed by atoms with Crippen LogP contribution in [0.15, 0.2) is 47.6 Å². The van der Waals surface area contributed by atoms with E-state index in [1.165, 1.54) is 4.68 Å². The lowest BCUT2D eigenvalue weighted by molar-refractivity contribution is -0.190. The lowest BCUT2D eigenvalue weighted by atomic mass is 9.93. The molecular weight excluding hydrogens is 605 g/mol. The maximum absolute atomic E-state index is 13.9. The molecule has 242 valence electrons. The second-order valence-corrected chi connectivity index (χ2v) is 14.5. The summed E-state index contributed by atoms with van der Waals surface area (Å²) in [6.07, 6.45) is 3.30. The lowest BCUT2D eigenvalue weighted by Crippen LogP contribution is -2.40. The van der Waals surface area contributed by atoms with Gasteiger partial charge < -0.3 is 14.4 Å². The molecule has 0 spiro atoms. The largest absolute Gasteiger partial charge is 0.478 e. The first-order valence-corrected chi connectivity index (χ1v) is 16.7. The van der Waals surface area contributed by atoms with E-state index >= 15 is 0 Å². The van der Waals surface area contributed by atoms with E-state index in [1.807, 2.05) is 24.4 Å². The fourth-order valence-electron chi connectivity index (χ4n) is 6.29. The molecule has 3 aromatic heterocycles. The zero-order chi connectivity index (χ0) is 31.8. The molecule has 2 fully saturated rings. The number of amides is 1. The fraction of sp³-hybridized carbons (Fsp3) is 0.531. The van der Waals surface area contributed by atoms with Gasteiger partial charge in [-0.15, -0.1) is 5.10 Å². The van der Waals surface area contributed by atoms with Crippen LogP contribution in [-0.4, -0.2) is 62.5 Å². The molecule has 3 aliphatic heterocycles. The number of carbonyl (C=O) groups is 1. The molecule has 45 heavy (non-hydrogen) atoms. The van der Waals surface area contributed by atoms with E-state index in [4.69, 9.17) is 14.5 Å². The second-order valence-electron chi connectivity index (χ2n) is 12.7. The van der Waals surface area contributed by atoms with Gasteiger partial charge in [-0.2, -0.15) is 13.2 Å². The standard InChI is InChI=1S/C32H39F3N6O3S/c1-4-45-23-8-11-26(36-20-23)43-17-6-5-7-22-19-30(2,3)40(21-22)28-24(29(42)39-45)9-10-25(37-28)41-16-12-27(38-41)44-18-15-31(13-14-31)32(33,34)35/h4,8-12,16,20,22H,5-7,13-15,17-19,21H2,1-3H3,(H,39,42). The number of halogens is 3. The van der Waals surface area contributed by atoms with Crippen LogP contribution < -0.4 is 19.1 Å². The Labute approximate surface area is 263 Å². The number of rotatable bonds is 5. The number of nitrogens with one attached hydrogen (secondary N) is 1. The summed E-state index contributed by atoms with van der Waals surface area (Å²) < 4.78 is 56.1. The Balaban J connectivity index is 1.29. The first kappa shape index (κ1) is 31.4. The highest BCUT2D eigenvalue weighted by Crippen LogP contribution is 2.59. The normalized spacial score (nSPS) is 22.8. The van der Waals surface area contributed by atoms with E-state index in [1.54, 1.807) is 30.6 Å². The highest BCUT2D eigenvalue weighted by Gasteiger charge is 2.62. The predicted octanol–water partition coefficient (Wildman–Crippen LogP) is 6.74. The molecule has 13 heteroatoms. The minimum Gasteiger partial charge on any atom is -0.478 e. The Hall–Kier alpha value is -3.61. The van der Waals surface area contributed by atoms with E-state index in [-0.39, 0.29) is 43.2 Å². The van der Waals surface area contributed by atoms with Crippen molar-refractivity contribution in [1.82, 2.24) is 24.5 Å². The van der Waals surface area contributed by atoms with Crippen LogP contribution in [0, 0.1) is 11.3 Å². The van der Waals surface area contributed by atoms with Crippen molar-refractivity contribution >= 4 is 27.8 Å². The van der Waals surface area contributed by atoms with Gasteiger partial charge in [-0.25, -0.2) is 14.6 Å². The van der Waals surface area contributed by atoms with Gasteiger partial charge in [0, 0.05) is 41.5 Å². The van der Waals surface area contributed by atoms with Gasteiger partial charge in [0.25, 0.3) is 5.91 Å². The number of anilines is 1. The number of hydrogen-bond acceptors (Lipinski definition) is 7. The van der Waals surface area contributed by atoms with Crippen molar-refractivity contribution in [3.05, 3.63) is 48.3 Å². The Morgan fingerprint density at radius 2 is 2.00 bits per heavy atom. The van der Waals surface area contributed by atoms with Gasteiger partial charge in [0.05, 0.1) is 24.2 Å². The van der Waals surface area contributed by atoms with E-state index in [9.17, 15) is 18.0 Å². The fourth-order valence-corrected chi connectivity index (χ4v) is 7.49. The van der Waals surface area contributed by atoms with Crippen LogP contribution in [-0.2, 0) is 0 Å². The smallest absolute Gasteiger partial charge is 0.394 e. The molecule has 3 aromatic rings. The van der Waals surface area contributed by atoms with Crippen LogP contribution in [0.5, 0.6) is 11.8 Å². The highest BCUT2D eigenvalue weighted by molar-refractivity contribution is 8.13. The number of carbonyl (C=O) groups excluding carboxylic acids is 1. The average molecular weight is 645 g/mol. The molecular formula is C32H39F3N6O3S. The Morgan fingerprint density at radius 1 is 1.18 bits per heavy atom. The number of aromatic nitrogens is 4. The molecule has 1 saturated heterocycles. The SMILES string of the molecule is C/C=S1/NC(=O)c2ccc(-n3ccc(OCCC4(C(F)(F)F)CC4)n3)nc2N2CC(CCCCOc3ccc1cn3)CC2(C)C. The summed E-state index contributed by atoms with van der Waals surface area (Å²) in [4.78, 5) is 26.4. The topological polar surface area (TPSA) is 94.4 Å². The summed E-state index contributed by atoms with van der Waals surface area (Å²) in [5.74, 6) is 2.01. The second kappa shape index (κ2) is 12.3. The minimum atomic E-state index is -4.22. The average Bonchev–Trinajstić information content (AvgIpc) is 3.56. The van der Waals surface area contributed by atoms with Gasteiger partial charge in [-0.1, -0.05) is 10.7 Å². The molecule has 0 aromatic carbocycles. The van der Waals surface area contributed by atoms with Gasteiger partial charge in [-0.05, 0) is 95.2 Å². The predicted molar refractivity (Wildman–Crippen MR) is 167 cm³/mol. The zero-order valence-electron chi connectivity index (χ0n) is 25.8. The van der Waals surface area contributed by atoms with Crippen LogP contribution in [0.4, 0.5) is 19.0 Å². The maximum atomic E-state index is 13.9. The van der Waals surface area contributed by atoms with E-state index in [2.05, 4.69) is 33.6 Å². The number of fused-ring (bicyclic) bond motifs is 8. The van der Waals surface area contributed by atoms with Crippen molar-refractivity contribution in [2.24, 2.45) is 11.3 Å². The summed E-state index contributed by atoms with van der Waals surface area (Å²) >= 11 is 0. The quantitative estimate of drug-likeness (QED) is 0.308. The van der Waals surface area contributed by atoms with Gasteiger partial charge in [0.2, 0.25) is 11.8 Å². The molecule has 1 aliphatic carbocycles. The third-order valence-electron chi connectivity index (χ3n) is 9.06. The summed E-state index contributed by atoms with van der Waals surface area (Å²) in [5.41, 5.74) is -1.42. The van der Waals surface area contributed by atoms with E-state index in [0.29, 0.717) is 35.6 Å². The van der Waals surface area contributed by atoms with Crippen molar-refractivity contribution in [2.75, 3.05) is 24.7 Å². The number of hydrogen-bond donors (Lipinski definition) is 1. The van der Waals surface area contributed by atoms with Crippen molar-refractivity contribution in [3.63, 3.8) is 0 Å². The number of alkyl halides is 3. The van der Waals surface area contributed by atoms with Crippen molar-refractivity contribution < 1.29 is 27.4 Å². The lowest BCUT2D eigenvalue weighted by Gasteiger charge is -2.34. The minimum absolute atomic E-state index is 0.0710. The van der Waals surface area contributed by atoms with Gasteiger partial charge in [0.15, 0.2) is 5.82 Å². The zero-order valence-corrected chi connectivity index (χ0v) is 26.6. The van der Waals surface area contributed by atoms with Crippen LogP contribution in [0.25, 0.3) is 5.82 Å². The van der Waals surface area contributed by atoms with E-state index < -0.39 is 22.3 Å². The van der Waals surface area contributed by atoms with E-state index in [0.717, 1.165) is 37.1 Å². The highest BCUT2D eigenvalue weighted by atomic mass is 32.2. The van der Waals surface area contributed by atoms with Crippen LogP contribution >= 0.6 is 10.7 Å². The van der Waals surface area contributed by atoms with Gasteiger partial charge in [0.1, 0.15) is 5.82 Å². The van der Waals surface area contributed by atoms with Crippen molar-refractivity contribution in [1.29, 1.82) is 0 Å². The van der Waals surface area contributed by atoms with Crippen LogP contribution in [0.3, 0.4) is 0 Å². The maximum Gasteiger partial charge on any atom is 0.394 e. The van der Waals surface area contributed by atoms with Crippen LogP contribution in [0.1, 0.15) is 76.1 Å². The third-order valence-corrected chi connectivity index (χ3v) is 10.7.